The van der Waals surface area contributed by atoms with Gasteiger partial charge in [0.2, 0.25) is 5.91 Å². The first kappa shape index (κ1) is 13.9. The average Bonchev–Trinajstić information content (AvgIpc) is 3.08. The van der Waals surface area contributed by atoms with Gasteiger partial charge in [-0.05, 0) is 31.4 Å². The van der Waals surface area contributed by atoms with Crippen molar-refractivity contribution in [2.75, 3.05) is 0 Å². The van der Waals surface area contributed by atoms with Gasteiger partial charge in [0.05, 0.1) is 10.9 Å². The number of aryl methyl sites for hydroxylation is 2. The molecule has 2 aromatic rings. The summed E-state index contributed by atoms with van der Waals surface area (Å²) < 4.78 is 2.18. The summed E-state index contributed by atoms with van der Waals surface area (Å²) >= 11 is 1.69. The smallest absolute Gasteiger partial charge is 0.234 e. The van der Waals surface area contributed by atoms with Crippen molar-refractivity contribution in [3.8, 4) is 0 Å². The third kappa shape index (κ3) is 2.54. The topological polar surface area (TPSA) is 46.9 Å². The Morgan fingerprint density at radius 1 is 1.41 bits per heavy atom. The standard InChI is InChI=1S/C17H19N3OS/c1-11-9-20-10-13(6-7-16(20)18-11)19-17(21)15-8-12-4-2-3-5-14(12)22-15/h2-5,9,13,15H,6-8,10H2,1H3,(H,19,21). The van der Waals surface area contributed by atoms with Crippen molar-refractivity contribution in [1.29, 1.82) is 0 Å². The molecule has 0 spiro atoms. The minimum Gasteiger partial charge on any atom is -0.351 e. The fourth-order valence-electron chi connectivity index (χ4n) is 3.33. The Labute approximate surface area is 134 Å². The van der Waals surface area contributed by atoms with Crippen molar-refractivity contribution in [3.63, 3.8) is 0 Å². The summed E-state index contributed by atoms with van der Waals surface area (Å²) in [5.41, 5.74) is 2.35. The second kappa shape index (κ2) is 5.47. The van der Waals surface area contributed by atoms with Gasteiger partial charge in [-0.3, -0.25) is 4.79 Å². The molecule has 1 amide bonds. The number of hydrogen-bond donors (Lipinski definition) is 1. The van der Waals surface area contributed by atoms with Gasteiger partial charge in [-0.2, -0.15) is 0 Å². The van der Waals surface area contributed by atoms with Gasteiger partial charge in [0.1, 0.15) is 5.82 Å². The van der Waals surface area contributed by atoms with Crippen LogP contribution in [0.15, 0.2) is 35.4 Å². The van der Waals surface area contributed by atoms with E-state index >= 15 is 0 Å². The van der Waals surface area contributed by atoms with E-state index in [4.69, 9.17) is 0 Å². The minimum absolute atomic E-state index is 0.0170. The number of carbonyl (C=O) groups is 1. The molecule has 0 fully saturated rings. The quantitative estimate of drug-likeness (QED) is 0.926. The molecule has 2 unspecified atom stereocenters. The average molecular weight is 313 g/mol. The summed E-state index contributed by atoms with van der Waals surface area (Å²) in [5, 5.41) is 3.25. The van der Waals surface area contributed by atoms with Crippen LogP contribution in [0.5, 0.6) is 0 Å². The van der Waals surface area contributed by atoms with Gasteiger partial charge in [0, 0.05) is 30.1 Å². The normalized spacial score (nSPS) is 23.0. The molecule has 4 nitrogen and oxygen atoms in total. The van der Waals surface area contributed by atoms with E-state index in [1.807, 2.05) is 19.1 Å². The molecule has 0 radical (unpaired) electrons. The SMILES string of the molecule is Cc1cn2c(n1)CCC(NC(=O)C1Cc3ccccc3S1)C2. The molecule has 0 saturated heterocycles. The number of benzene rings is 1. The number of nitrogens with one attached hydrogen (secondary N) is 1. The molecule has 1 N–H and O–H groups in total. The number of rotatable bonds is 2. The Bertz CT molecular complexity index is 699. The lowest BCUT2D eigenvalue weighted by Crippen LogP contribution is -2.44. The van der Waals surface area contributed by atoms with Gasteiger partial charge in [0.15, 0.2) is 0 Å². The fraction of sp³-hybridized carbons (Fsp3) is 0.412. The van der Waals surface area contributed by atoms with E-state index < -0.39 is 0 Å². The van der Waals surface area contributed by atoms with Crippen molar-refractivity contribution in [2.45, 2.75) is 48.9 Å². The zero-order valence-electron chi connectivity index (χ0n) is 12.6. The number of nitrogens with zero attached hydrogens (tertiary/aromatic N) is 2. The summed E-state index contributed by atoms with van der Waals surface area (Å²) in [6.45, 7) is 2.86. The Hall–Kier alpha value is -1.75. The van der Waals surface area contributed by atoms with Gasteiger partial charge in [-0.1, -0.05) is 18.2 Å². The molecule has 1 aromatic heterocycles. The Morgan fingerprint density at radius 3 is 3.14 bits per heavy atom. The predicted molar refractivity (Wildman–Crippen MR) is 87.0 cm³/mol. The zero-order chi connectivity index (χ0) is 15.1. The summed E-state index contributed by atoms with van der Waals surface area (Å²) in [4.78, 5) is 18.3. The molecule has 0 bridgehead atoms. The molecule has 0 saturated carbocycles. The number of imidazole rings is 1. The van der Waals surface area contributed by atoms with Crippen LogP contribution in [0.1, 0.15) is 23.5 Å². The van der Waals surface area contributed by atoms with Crippen molar-refractivity contribution < 1.29 is 4.79 Å². The van der Waals surface area contributed by atoms with Crippen LogP contribution in [-0.2, 0) is 24.2 Å². The number of amides is 1. The lowest BCUT2D eigenvalue weighted by Gasteiger charge is -2.25. The number of carbonyl (C=O) groups excluding carboxylic acids is 1. The highest BCUT2D eigenvalue weighted by Crippen LogP contribution is 2.36. The first-order chi connectivity index (χ1) is 10.7. The maximum absolute atomic E-state index is 12.5. The maximum atomic E-state index is 12.5. The molecule has 5 heteroatoms. The van der Waals surface area contributed by atoms with Crippen molar-refractivity contribution >= 4 is 17.7 Å². The van der Waals surface area contributed by atoms with E-state index in [9.17, 15) is 4.79 Å². The molecule has 0 aliphatic carbocycles. The lowest BCUT2D eigenvalue weighted by molar-refractivity contribution is -0.121. The predicted octanol–water partition coefficient (Wildman–Crippen LogP) is 2.34. The molecule has 4 rings (SSSR count). The molecule has 2 aliphatic heterocycles. The number of fused-ring (bicyclic) bond motifs is 2. The first-order valence-corrected chi connectivity index (χ1v) is 8.64. The molecule has 2 atom stereocenters. The van der Waals surface area contributed by atoms with E-state index in [0.29, 0.717) is 0 Å². The van der Waals surface area contributed by atoms with Crippen LogP contribution >= 0.6 is 11.8 Å². The second-order valence-electron chi connectivity index (χ2n) is 6.11. The van der Waals surface area contributed by atoms with Gasteiger partial charge in [-0.25, -0.2) is 4.98 Å². The van der Waals surface area contributed by atoms with E-state index in [1.54, 1.807) is 11.8 Å². The monoisotopic (exact) mass is 313 g/mol. The van der Waals surface area contributed by atoms with Crippen LogP contribution in [0, 0.1) is 6.92 Å². The Kier molecular flexibility index (Phi) is 3.45. The van der Waals surface area contributed by atoms with Crippen molar-refractivity contribution in [1.82, 2.24) is 14.9 Å². The van der Waals surface area contributed by atoms with Crippen LogP contribution in [0.2, 0.25) is 0 Å². The number of aromatic nitrogens is 2. The van der Waals surface area contributed by atoms with Crippen LogP contribution in [0.25, 0.3) is 0 Å². The van der Waals surface area contributed by atoms with Gasteiger partial charge >= 0.3 is 0 Å². The van der Waals surface area contributed by atoms with E-state index in [-0.39, 0.29) is 17.2 Å². The van der Waals surface area contributed by atoms with Crippen LogP contribution in [0.3, 0.4) is 0 Å². The highest BCUT2D eigenvalue weighted by molar-refractivity contribution is 8.01. The lowest BCUT2D eigenvalue weighted by atomic mass is 10.1. The Balaban J connectivity index is 1.40. The van der Waals surface area contributed by atoms with Crippen LogP contribution < -0.4 is 5.32 Å². The molecule has 22 heavy (non-hydrogen) atoms. The van der Waals surface area contributed by atoms with E-state index in [2.05, 4.69) is 33.2 Å². The second-order valence-corrected chi connectivity index (χ2v) is 7.36. The third-order valence-electron chi connectivity index (χ3n) is 4.40. The third-order valence-corrected chi connectivity index (χ3v) is 5.72. The first-order valence-electron chi connectivity index (χ1n) is 7.76. The van der Waals surface area contributed by atoms with E-state index in [1.165, 1.54) is 10.5 Å². The Morgan fingerprint density at radius 2 is 2.27 bits per heavy atom. The van der Waals surface area contributed by atoms with E-state index in [0.717, 1.165) is 37.3 Å². The summed E-state index contributed by atoms with van der Waals surface area (Å²) in [6.07, 6.45) is 4.84. The van der Waals surface area contributed by atoms with Crippen LogP contribution in [0.4, 0.5) is 0 Å². The van der Waals surface area contributed by atoms with Gasteiger partial charge in [-0.15, -0.1) is 11.8 Å². The summed E-state index contributed by atoms with van der Waals surface area (Å²) in [5.74, 6) is 1.32. The van der Waals surface area contributed by atoms with Crippen LogP contribution in [-0.4, -0.2) is 26.8 Å². The maximum Gasteiger partial charge on any atom is 0.234 e. The fourth-order valence-corrected chi connectivity index (χ4v) is 4.53. The summed E-state index contributed by atoms with van der Waals surface area (Å²) in [6, 6.07) is 8.53. The molecular formula is C17H19N3OS. The molecule has 1 aromatic carbocycles. The van der Waals surface area contributed by atoms with Crippen molar-refractivity contribution in [3.05, 3.63) is 47.5 Å². The molecule has 114 valence electrons. The van der Waals surface area contributed by atoms with Crippen molar-refractivity contribution in [2.24, 2.45) is 0 Å². The van der Waals surface area contributed by atoms with Gasteiger partial charge in [0.25, 0.3) is 0 Å². The zero-order valence-corrected chi connectivity index (χ0v) is 13.4. The highest BCUT2D eigenvalue weighted by Gasteiger charge is 2.30. The molecule has 2 aliphatic rings. The largest absolute Gasteiger partial charge is 0.351 e. The van der Waals surface area contributed by atoms with Gasteiger partial charge < -0.3 is 9.88 Å². The number of thioether (sulfide) groups is 1. The summed E-state index contributed by atoms with van der Waals surface area (Å²) in [7, 11) is 0. The molecular weight excluding hydrogens is 294 g/mol. The highest BCUT2D eigenvalue weighted by atomic mass is 32.2. The number of hydrogen-bond acceptors (Lipinski definition) is 3. The molecule has 3 heterocycles. The minimum atomic E-state index is 0.0170.